The van der Waals surface area contributed by atoms with E-state index in [0.717, 1.165) is 11.1 Å². The molecular formula is C21H24O7. The first-order valence-electron chi connectivity index (χ1n) is 9.67. The van der Waals surface area contributed by atoms with E-state index in [4.69, 9.17) is 0 Å². The second-order valence-electron chi connectivity index (χ2n) is 8.81. The summed E-state index contributed by atoms with van der Waals surface area (Å²) in [5.41, 5.74) is 1.25. The van der Waals surface area contributed by atoms with Crippen LogP contribution in [0.5, 0.6) is 5.75 Å². The van der Waals surface area contributed by atoms with Gasteiger partial charge in [0, 0.05) is 0 Å². The van der Waals surface area contributed by atoms with Crippen LogP contribution in [-0.4, -0.2) is 38.3 Å². The van der Waals surface area contributed by atoms with E-state index in [1.54, 1.807) is 19.1 Å². The number of phenolic OH excluding ortho intramolecular Hbond substituents is 1. The van der Waals surface area contributed by atoms with Crippen molar-refractivity contribution in [3.63, 3.8) is 0 Å². The molecule has 0 aliphatic heterocycles. The molecule has 7 heteroatoms. The van der Waals surface area contributed by atoms with Gasteiger partial charge in [-0.2, -0.15) is 0 Å². The molecule has 1 aromatic rings. The van der Waals surface area contributed by atoms with Crippen molar-refractivity contribution < 1.29 is 34.8 Å². The molecule has 4 rings (SSSR count). The number of benzene rings is 1. The van der Waals surface area contributed by atoms with E-state index in [-0.39, 0.29) is 17.6 Å². The SMILES string of the molecule is C[C@]12CC[C@@H]3c4ccc(O)cc4CC[C@H]3[C@@H]1[C@@H](C(=O)O)[C@@H](C(=O)O)[C@@H]2C(=O)O. The Labute approximate surface area is 162 Å². The Morgan fingerprint density at radius 1 is 1.00 bits per heavy atom. The van der Waals surface area contributed by atoms with Crippen molar-refractivity contribution in [1.29, 1.82) is 0 Å². The average molecular weight is 388 g/mol. The average Bonchev–Trinajstić information content (AvgIpc) is 2.91. The highest BCUT2D eigenvalue weighted by Crippen LogP contribution is 2.66. The zero-order chi connectivity index (χ0) is 20.4. The summed E-state index contributed by atoms with van der Waals surface area (Å²) < 4.78 is 0. The molecule has 3 aliphatic carbocycles. The van der Waals surface area contributed by atoms with Gasteiger partial charge in [-0.15, -0.1) is 0 Å². The third-order valence-electron chi connectivity index (χ3n) is 7.69. The molecule has 0 amide bonds. The fraction of sp³-hybridized carbons (Fsp3) is 0.571. The van der Waals surface area contributed by atoms with Gasteiger partial charge in [0.05, 0.1) is 17.8 Å². The van der Waals surface area contributed by atoms with Crippen molar-refractivity contribution in [3.05, 3.63) is 29.3 Å². The highest BCUT2D eigenvalue weighted by Gasteiger charge is 2.68. The number of hydrogen-bond donors (Lipinski definition) is 4. The summed E-state index contributed by atoms with van der Waals surface area (Å²) in [6.45, 7) is 1.78. The predicted octanol–water partition coefficient (Wildman–Crippen LogP) is 2.57. The van der Waals surface area contributed by atoms with Crippen LogP contribution in [0.25, 0.3) is 0 Å². The number of aliphatic carboxylic acids is 3. The zero-order valence-corrected chi connectivity index (χ0v) is 15.5. The summed E-state index contributed by atoms with van der Waals surface area (Å²) in [5.74, 6) is -7.96. The summed E-state index contributed by atoms with van der Waals surface area (Å²) in [5, 5.41) is 39.3. The van der Waals surface area contributed by atoms with Gasteiger partial charge >= 0.3 is 17.9 Å². The molecule has 4 N–H and O–H groups in total. The number of carbonyl (C=O) groups is 3. The lowest BCUT2D eigenvalue weighted by Gasteiger charge is -2.51. The van der Waals surface area contributed by atoms with Crippen LogP contribution < -0.4 is 0 Å². The standard InChI is InChI=1S/C21H24O7/c1-21-7-6-12-11-5-3-10(22)8-9(11)2-4-13(12)16(21)14(18(23)24)15(19(25)26)17(21)20(27)28/h3,5,8,12-17,22H,2,4,6-7H2,1H3,(H,23,24)(H,25,26)(H,27,28)/t12-,13-,14+,15-,16-,17-,21+/m1/s1. The van der Waals surface area contributed by atoms with Gasteiger partial charge in [-0.1, -0.05) is 13.0 Å². The first-order chi connectivity index (χ1) is 13.2. The maximum absolute atomic E-state index is 12.2. The zero-order valence-electron chi connectivity index (χ0n) is 15.5. The normalized spacial score (nSPS) is 38.8. The van der Waals surface area contributed by atoms with Crippen LogP contribution >= 0.6 is 0 Å². The predicted molar refractivity (Wildman–Crippen MR) is 96.9 cm³/mol. The topological polar surface area (TPSA) is 132 Å². The molecule has 0 heterocycles. The Kier molecular flexibility index (Phi) is 4.17. The van der Waals surface area contributed by atoms with E-state index >= 15 is 0 Å². The van der Waals surface area contributed by atoms with Crippen LogP contribution in [0.2, 0.25) is 0 Å². The number of phenols is 1. The molecule has 2 saturated carbocycles. The van der Waals surface area contributed by atoms with Gasteiger partial charge in [0.2, 0.25) is 0 Å². The van der Waals surface area contributed by atoms with E-state index in [9.17, 15) is 34.8 Å². The number of aromatic hydroxyl groups is 1. The van der Waals surface area contributed by atoms with E-state index < -0.39 is 47.0 Å². The van der Waals surface area contributed by atoms with Crippen molar-refractivity contribution in [1.82, 2.24) is 0 Å². The summed E-state index contributed by atoms with van der Waals surface area (Å²) in [6.07, 6.45) is 2.50. The van der Waals surface area contributed by atoms with Gasteiger partial charge in [-0.05, 0) is 72.1 Å². The van der Waals surface area contributed by atoms with Crippen LogP contribution in [0.3, 0.4) is 0 Å². The highest BCUT2D eigenvalue weighted by molar-refractivity contribution is 5.88. The van der Waals surface area contributed by atoms with Crippen LogP contribution in [0.1, 0.15) is 43.2 Å². The minimum absolute atomic E-state index is 0.0614. The molecule has 7 nitrogen and oxygen atoms in total. The number of carboxylic acids is 3. The van der Waals surface area contributed by atoms with E-state index in [2.05, 4.69) is 0 Å². The van der Waals surface area contributed by atoms with Crippen molar-refractivity contribution >= 4 is 17.9 Å². The number of carboxylic acid groups (broad SMARTS) is 3. The lowest BCUT2D eigenvalue weighted by atomic mass is 9.53. The molecule has 1 aromatic carbocycles. The molecule has 0 bridgehead atoms. The first kappa shape index (κ1) is 18.8. The number of rotatable bonds is 3. The Balaban J connectivity index is 1.83. The summed E-state index contributed by atoms with van der Waals surface area (Å²) in [4.78, 5) is 36.2. The van der Waals surface area contributed by atoms with Crippen LogP contribution in [0, 0.1) is 35.0 Å². The minimum Gasteiger partial charge on any atom is -0.508 e. The molecule has 0 radical (unpaired) electrons. The molecule has 7 atom stereocenters. The summed E-state index contributed by atoms with van der Waals surface area (Å²) >= 11 is 0. The fourth-order valence-corrected chi connectivity index (χ4v) is 6.77. The highest BCUT2D eigenvalue weighted by atomic mass is 16.4. The van der Waals surface area contributed by atoms with Crippen LogP contribution in [-0.2, 0) is 20.8 Å². The first-order valence-corrected chi connectivity index (χ1v) is 9.67. The second-order valence-corrected chi connectivity index (χ2v) is 8.81. The molecule has 0 saturated heterocycles. The lowest BCUT2D eigenvalue weighted by molar-refractivity contribution is -0.159. The van der Waals surface area contributed by atoms with Crippen molar-refractivity contribution in [2.75, 3.05) is 0 Å². The summed E-state index contributed by atoms with van der Waals surface area (Å²) in [6, 6.07) is 5.24. The van der Waals surface area contributed by atoms with Crippen molar-refractivity contribution in [3.8, 4) is 5.75 Å². The van der Waals surface area contributed by atoms with Crippen molar-refractivity contribution in [2.24, 2.45) is 35.0 Å². The molecule has 3 aliphatic rings. The third-order valence-corrected chi connectivity index (χ3v) is 7.69. The van der Waals surface area contributed by atoms with Crippen LogP contribution in [0.15, 0.2) is 18.2 Å². The van der Waals surface area contributed by atoms with Gasteiger partial charge in [0.1, 0.15) is 5.75 Å². The molecule has 0 spiro atoms. The Morgan fingerprint density at radius 2 is 1.68 bits per heavy atom. The second kappa shape index (κ2) is 6.22. The molecule has 150 valence electrons. The maximum Gasteiger partial charge on any atom is 0.308 e. The van der Waals surface area contributed by atoms with E-state index in [0.29, 0.717) is 25.7 Å². The van der Waals surface area contributed by atoms with Crippen LogP contribution in [0.4, 0.5) is 0 Å². The Hall–Kier alpha value is -2.57. The Morgan fingerprint density at radius 3 is 2.29 bits per heavy atom. The number of hydrogen-bond acceptors (Lipinski definition) is 4. The quantitative estimate of drug-likeness (QED) is 0.625. The third kappa shape index (κ3) is 2.45. The van der Waals surface area contributed by atoms with E-state index in [1.165, 1.54) is 0 Å². The van der Waals surface area contributed by atoms with Gasteiger partial charge in [-0.3, -0.25) is 14.4 Å². The van der Waals surface area contributed by atoms with Gasteiger partial charge in [-0.25, -0.2) is 0 Å². The molecule has 28 heavy (non-hydrogen) atoms. The molecular weight excluding hydrogens is 364 g/mol. The summed E-state index contributed by atoms with van der Waals surface area (Å²) in [7, 11) is 0. The van der Waals surface area contributed by atoms with Crippen molar-refractivity contribution in [2.45, 2.75) is 38.5 Å². The molecule has 2 fully saturated rings. The van der Waals surface area contributed by atoms with Gasteiger partial charge in [0.15, 0.2) is 0 Å². The largest absolute Gasteiger partial charge is 0.508 e. The minimum atomic E-state index is -1.43. The molecule has 0 unspecified atom stereocenters. The fourth-order valence-electron chi connectivity index (χ4n) is 6.77. The number of aryl methyl sites for hydroxylation is 1. The Bertz CT molecular complexity index is 862. The van der Waals surface area contributed by atoms with Gasteiger partial charge in [0.25, 0.3) is 0 Å². The van der Waals surface area contributed by atoms with E-state index in [1.807, 2.05) is 6.07 Å². The molecule has 0 aromatic heterocycles. The monoisotopic (exact) mass is 388 g/mol. The maximum atomic E-state index is 12.2. The smallest absolute Gasteiger partial charge is 0.308 e. The number of fused-ring (bicyclic) bond motifs is 5. The lowest BCUT2D eigenvalue weighted by Crippen LogP contribution is -2.46. The van der Waals surface area contributed by atoms with Gasteiger partial charge < -0.3 is 20.4 Å².